The first-order chi connectivity index (χ1) is 10.2. The molecule has 0 N–H and O–H groups in total. The minimum absolute atomic E-state index is 0.139. The highest BCUT2D eigenvalue weighted by molar-refractivity contribution is 9.10. The van der Waals surface area contributed by atoms with Gasteiger partial charge in [-0.25, -0.2) is 4.98 Å². The van der Waals surface area contributed by atoms with Crippen LogP contribution in [0.4, 0.5) is 0 Å². The van der Waals surface area contributed by atoms with E-state index in [1.54, 1.807) is 15.3 Å². The van der Waals surface area contributed by atoms with E-state index in [0.717, 1.165) is 10.2 Å². The normalized spacial score (nSPS) is 11.3. The van der Waals surface area contributed by atoms with Crippen molar-refractivity contribution in [3.05, 3.63) is 63.9 Å². The molecular weight excluding hydrogens is 334 g/mol. The number of rotatable bonds is 1. The molecule has 0 aliphatic heterocycles. The highest BCUT2D eigenvalue weighted by atomic mass is 79.9. The molecule has 0 saturated heterocycles. The lowest BCUT2D eigenvalue weighted by molar-refractivity contribution is 0.958. The molecule has 3 heterocycles. The summed E-state index contributed by atoms with van der Waals surface area (Å²) in [5, 5.41) is 4.59. The lowest BCUT2D eigenvalue weighted by Crippen LogP contribution is -2.18. The van der Waals surface area contributed by atoms with Gasteiger partial charge in [0.05, 0.1) is 10.9 Å². The maximum Gasteiger partial charge on any atom is 0.266 e. The maximum atomic E-state index is 12.6. The first-order valence-corrected chi connectivity index (χ1v) is 6.99. The smallest absolute Gasteiger partial charge is 0.266 e. The van der Waals surface area contributed by atoms with Gasteiger partial charge in [-0.3, -0.25) is 9.36 Å². The molecule has 4 rings (SSSR count). The lowest BCUT2D eigenvalue weighted by Gasteiger charge is -2.07. The number of benzene rings is 1. The Labute approximate surface area is 126 Å². The van der Waals surface area contributed by atoms with Crippen molar-refractivity contribution in [2.75, 3.05) is 0 Å². The van der Waals surface area contributed by atoms with Crippen molar-refractivity contribution in [3.63, 3.8) is 0 Å². The fraction of sp³-hybridized carbons (Fsp3) is 0. The number of hydrogen-bond donors (Lipinski definition) is 0. The second-order valence-electron chi connectivity index (χ2n) is 4.50. The highest BCUT2D eigenvalue weighted by Gasteiger charge is 2.09. The molecule has 4 aromatic rings. The quantitative estimate of drug-likeness (QED) is 0.532. The van der Waals surface area contributed by atoms with Crippen molar-refractivity contribution < 1.29 is 0 Å². The average molecular weight is 342 g/mol. The summed E-state index contributed by atoms with van der Waals surface area (Å²) in [4.78, 5) is 20.8. The van der Waals surface area contributed by atoms with Crippen LogP contribution in [0, 0.1) is 0 Å². The van der Waals surface area contributed by atoms with Crippen LogP contribution in [0.3, 0.4) is 0 Å². The van der Waals surface area contributed by atoms with Gasteiger partial charge in [0.25, 0.3) is 11.3 Å². The van der Waals surface area contributed by atoms with Gasteiger partial charge in [0.2, 0.25) is 0 Å². The van der Waals surface area contributed by atoms with Gasteiger partial charge in [-0.15, -0.1) is 0 Å². The largest absolute Gasteiger partial charge is 0.284 e. The average Bonchev–Trinajstić information content (AvgIpc) is 2.97. The van der Waals surface area contributed by atoms with Gasteiger partial charge in [0.15, 0.2) is 0 Å². The van der Waals surface area contributed by atoms with Crippen molar-refractivity contribution >= 4 is 32.6 Å². The van der Waals surface area contributed by atoms with E-state index in [1.807, 2.05) is 30.3 Å². The van der Waals surface area contributed by atoms with Crippen LogP contribution < -0.4 is 5.56 Å². The first kappa shape index (κ1) is 12.2. The van der Waals surface area contributed by atoms with Crippen molar-refractivity contribution in [2.45, 2.75) is 0 Å². The molecule has 0 aliphatic rings. The molecule has 3 aromatic heterocycles. The Hall–Kier alpha value is -2.54. The monoisotopic (exact) mass is 341 g/mol. The number of pyridine rings is 1. The third-order valence-corrected chi connectivity index (χ3v) is 3.81. The summed E-state index contributed by atoms with van der Waals surface area (Å²) in [7, 11) is 0. The van der Waals surface area contributed by atoms with E-state index >= 15 is 0 Å². The van der Waals surface area contributed by atoms with Crippen molar-refractivity contribution in [2.24, 2.45) is 0 Å². The Morgan fingerprint density at radius 2 is 1.86 bits per heavy atom. The molecule has 0 saturated carbocycles. The number of fused-ring (bicyclic) bond motifs is 3. The lowest BCUT2D eigenvalue weighted by atomic mass is 10.2. The zero-order valence-corrected chi connectivity index (χ0v) is 12.2. The van der Waals surface area contributed by atoms with E-state index < -0.39 is 0 Å². The summed E-state index contributed by atoms with van der Waals surface area (Å²) in [6, 6.07) is 9.37. The zero-order chi connectivity index (χ0) is 14.4. The standard InChI is InChI=1S/C14H8BrN5O/c15-9-1-3-10(4-2-9)19-6-5-12-11(13(19)21)7-16-14-17-8-18-20(12)14/h1-8H. The molecule has 0 spiro atoms. The van der Waals surface area contributed by atoms with Gasteiger partial charge < -0.3 is 0 Å². The van der Waals surface area contributed by atoms with Crippen LogP contribution in [-0.4, -0.2) is 24.1 Å². The molecule has 0 fully saturated rings. The van der Waals surface area contributed by atoms with Gasteiger partial charge in [0.1, 0.15) is 6.33 Å². The molecule has 0 bridgehead atoms. The zero-order valence-electron chi connectivity index (χ0n) is 10.6. The SMILES string of the molecule is O=c1c2cnc3ncnn3c2ccn1-c1ccc(Br)cc1. The number of nitrogens with zero attached hydrogens (tertiary/aromatic N) is 5. The Kier molecular flexibility index (Phi) is 2.61. The number of hydrogen-bond acceptors (Lipinski definition) is 4. The molecule has 0 amide bonds. The van der Waals surface area contributed by atoms with Crippen LogP contribution in [0.5, 0.6) is 0 Å². The molecule has 1 aromatic carbocycles. The molecule has 0 radical (unpaired) electrons. The van der Waals surface area contributed by atoms with Crippen LogP contribution in [0.15, 0.2) is 58.3 Å². The summed E-state index contributed by atoms with van der Waals surface area (Å²) in [5.74, 6) is 0.475. The number of aromatic nitrogens is 5. The fourth-order valence-electron chi connectivity index (χ4n) is 2.27. The molecule has 7 heteroatoms. The predicted molar refractivity (Wildman–Crippen MR) is 81.6 cm³/mol. The van der Waals surface area contributed by atoms with Gasteiger partial charge in [-0.1, -0.05) is 15.9 Å². The van der Waals surface area contributed by atoms with Crippen LogP contribution in [0.1, 0.15) is 0 Å². The molecular formula is C14H8BrN5O. The number of halogens is 1. The summed E-state index contributed by atoms with van der Waals surface area (Å²) in [6.45, 7) is 0. The molecule has 102 valence electrons. The predicted octanol–water partition coefficient (Wildman–Crippen LogP) is 2.19. The van der Waals surface area contributed by atoms with Gasteiger partial charge in [-0.05, 0) is 30.3 Å². The molecule has 0 atom stereocenters. The van der Waals surface area contributed by atoms with Crippen molar-refractivity contribution in [1.29, 1.82) is 0 Å². The van der Waals surface area contributed by atoms with E-state index in [-0.39, 0.29) is 5.56 Å². The second kappa shape index (κ2) is 4.49. The van der Waals surface area contributed by atoms with Gasteiger partial charge >= 0.3 is 0 Å². The van der Waals surface area contributed by atoms with E-state index in [0.29, 0.717) is 16.7 Å². The van der Waals surface area contributed by atoms with E-state index in [9.17, 15) is 4.79 Å². The maximum absolute atomic E-state index is 12.6. The molecule has 21 heavy (non-hydrogen) atoms. The van der Waals surface area contributed by atoms with E-state index in [4.69, 9.17) is 0 Å². The Bertz CT molecular complexity index is 1020. The van der Waals surface area contributed by atoms with Crippen LogP contribution in [0.2, 0.25) is 0 Å². The first-order valence-electron chi connectivity index (χ1n) is 6.20. The third kappa shape index (κ3) is 1.85. The minimum Gasteiger partial charge on any atom is -0.284 e. The molecule has 0 unspecified atom stereocenters. The Balaban J connectivity index is 2.04. The van der Waals surface area contributed by atoms with Crippen LogP contribution in [0.25, 0.3) is 22.4 Å². The van der Waals surface area contributed by atoms with E-state index in [1.165, 1.54) is 12.5 Å². The highest BCUT2D eigenvalue weighted by Crippen LogP contribution is 2.15. The molecule has 6 nitrogen and oxygen atoms in total. The van der Waals surface area contributed by atoms with E-state index in [2.05, 4.69) is 31.0 Å². The summed E-state index contributed by atoms with van der Waals surface area (Å²) >= 11 is 3.38. The van der Waals surface area contributed by atoms with Crippen LogP contribution >= 0.6 is 15.9 Å². The van der Waals surface area contributed by atoms with Crippen LogP contribution in [-0.2, 0) is 0 Å². The summed E-state index contributed by atoms with van der Waals surface area (Å²) < 4.78 is 4.10. The Morgan fingerprint density at radius 3 is 2.67 bits per heavy atom. The summed E-state index contributed by atoms with van der Waals surface area (Å²) in [6.07, 6.45) is 4.69. The van der Waals surface area contributed by atoms with Crippen molar-refractivity contribution in [3.8, 4) is 5.69 Å². The van der Waals surface area contributed by atoms with Gasteiger partial charge in [-0.2, -0.15) is 14.6 Å². The topological polar surface area (TPSA) is 65.1 Å². The fourth-order valence-corrected chi connectivity index (χ4v) is 2.53. The van der Waals surface area contributed by atoms with Crippen molar-refractivity contribution in [1.82, 2.24) is 24.1 Å². The molecule has 0 aliphatic carbocycles. The minimum atomic E-state index is -0.139. The second-order valence-corrected chi connectivity index (χ2v) is 5.41. The third-order valence-electron chi connectivity index (χ3n) is 3.28. The summed E-state index contributed by atoms with van der Waals surface area (Å²) in [5.41, 5.74) is 1.35. The van der Waals surface area contributed by atoms with Gasteiger partial charge in [0, 0.05) is 22.6 Å². The Morgan fingerprint density at radius 1 is 1.05 bits per heavy atom.